The van der Waals surface area contributed by atoms with Gasteiger partial charge in [-0.05, 0) is 6.07 Å². The Morgan fingerprint density at radius 1 is 1.46 bits per heavy atom. The molecule has 1 saturated heterocycles. The number of epoxide rings is 1. The van der Waals surface area contributed by atoms with Crippen molar-refractivity contribution < 1.29 is 4.74 Å². The fourth-order valence-electron chi connectivity index (χ4n) is 1.76. The first-order valence-electron chi connectivity index (χ1n) is 4.39. The Hall–Kier alpha value is -1.35. The van der Waals surface area contributed by atoms with Crippen LogP contribution in [-0.2, 0) is 11.8 Å². The Balaban J connectivity index is 2.35. The van der Waals surface area contributed by atoms with E-state index in [4.69, 9.17) is 4.74 Å². The molecule has 0 radical (unpaired) electrons. The second-order valence-electron chi connectivity index (χ2n) is 3.35. The van der Waals surface area contributed by atoms with E-state index in [1.54, 1.807) is 0 Å². The predicted octanol–water partition coefficient (Wildman–Crippen LogP) is 1.64. The van der Waals surface area contributed by atoms with E-state index >= 15 is 0 Å². The Bertz CT molecular complexity index is 457. The minimum Gasteiger partial charge on any atom is -0.366 e. The van der Waals surface area contributed by atoms with Crippen molar-refractivity contribution in [1.82, 2.24) is 9.78 Å². The summed E-state index contributed by atoms with van der Waals surface area (Å²) in [6.45, 7) is 0.837. The Morgan fingerprint density at radius 2 is 2.23 bits per heavy atom. The first-order chi connectivity index (χ1) is 6.36. The zero-order valence-corrected chi connectivity index (χ0v) is 7.40. The summed E-state index contributed by atoms with van der Waals surface area (Å²) in [5, 5.41) is 5.63. The molecule has 3 heteroatoms. The number of nitrogens with zero attached hydrogens (tertiary/aromatic N) is 2. The molecule has 0 unspecified atom stereocenters. The van der Waals surface area contributed by atoms with Gasteiger partial charge in [-0.25, -0.2) is 0 Å². The molecule has 3 rings (SSSR count). The Kier molecular flexibility index (Phi) is 1.27. The Morgan fingerprint density at radius 3 is 3.00 bits per heavy atom. The van der Waals surface area contributed by atoms with Gasteiger partial charge in [-0.1, -0.05) is 18.2 Å². The topological polar surface area (TPSA) is 30.4 Å². The van der Waals surface area contributed by atoms with Crippen LogP contribution in [0, 0.1) is 0 Å². The van der Waals surface area contributed by atoms with Crippen LogP contribution in [0.5, 0.6) is 0 Å². The maximum Gasteiger partial charge on any atom is 0.123 e. The van der Waals surface area contributed by atoms with Crippen LogP contribution in [0.2, 0.25) is 0 Å². The lowest BCUT2D eigenvalue weighted by Gasteiger charge is -1.95. The third-order valence-electron chi connectivity index (χ3n) is 2.42. The summed E-state index contributed by atoms with van der Waals surface area (Å²) in [5.41, 5.74) is 2.26. The molecule has 1 atom stereocenters. The molecule has 0 spiro atoms. The van der Waals surface area contributed by atoms with Crippen LogP contribution in [0.3, 0.4) is 0 Å². The van der Waals surface area contributed by atoms with Crippen molar-refractivity contribution in [3.63, 3.8) is 0 Å². The van der Waals surface area contributed by atoms with E-state index in [2.05, 4.69) is 11.2 Å². The number of aromatic nitrogens is 2. The zero-order valence-electron chi connectivity index (χ0n) is 7.40. The lowest BCUT2D eigenvalue weighted by atomic mass is 10.2. The van der Waals surface area contributed by atoms with Gasteiger partial charge in [0.15, 0.2) is 0 Å². The van der Waals surface area contributed by atoms with Crippen LogP contribution in [-0.4, -0.2) is 16.4 Å². The van der Waals surface area contributed by atoms with Gasteiger partial charge in [0.1, 0.15) is 6.10 Å². The molecule has 2 heterocycles. The van der Waals surface area contributed by atoms with E-state index in [0.717, 1.165) is 12.1 Å². The molecule has 3 nitrogen and oxygen atoms in total. The molecule has 66 valence electrons. The highest BCUT2D eigenvalue weighted by Gasteiger charge is 2.30. The van der Waals surface area contributed by atoms with Crippen molar-refractivity contribution in [1.29, 1.82) is 0 Å². The summed E-state index contributed by atoms with van der Waals surface area (Å²) in [5.74, 6) is 0. The molecule has 13 heavy (non-hydrogen) atoms. The van der Waals surface area contributed by atoms with Crippen molar-refractivity contribution in [2.45, 2.75) is 6.10 Å². The Labute approximate surface area is 75.9 Å². The van der Waals surface area contributed by atoms with Gasteiger partial charge in [0.25, 0.3) is 0 Å². The second kappa shape index (κ2) is 2.33. The van der Waals surface area contributed by atoms with Crippen LogP contribution in [0.15, 0.2) is 24.3 Å². The summed E-state index contributed by atoms with van der Waals surface area (Å²) in [6.07, 6.45) is 0.275. The number of fused-ring (bicyclic) bond motifs is 1. The van der Waals surface area contributed by atoms with Gasteiger partial charge in [-0.3, -0.25) is 4.68 Å². The largest absolute Gasteiger partial charge is 0.366 e. The normalized spacial score (nSPS) is 20.8. The SMILES string of the molecule is Cn1nc2ccccc2c1[C@@H]1CO1. The quantitative estimate of drug-likeness (QED) is 0.615. The smallest absolute Gasteiger partial charge is 0.123 e. The highest BCUT2D eigenvalue weighted by atomic mass is 16.6. The van der Waals surface area contributed by atoms with Gasteiger partial charge in [0.05, 0.1) is 17.8 Å². The molecule has 1 aromatic carbocycles. The summed E-state index contributed by atoms with van der Waals surface area (Å²) in [4.78, 5) is 0. The first-order valence-corrected chi connectivity index (χ1v) is 4.39. The number of hydrogen-bond donors (Lipinski definition) is 0. The molecular weight excluding hydrogens is 164 g/mol. The van der Waals surface area contributed by atoms with Gasteiger partial charge in [-0.2, -0.15) is 5.10 Å². The molecule has 0 N–H and O–H groups in total. The fourth-order valence-corrected chi connectivity index (χ4v) is 1.76. The van der Waals surface area contributed by atoms with Crippen molar-refractivity contribution in [2.75, 3.05) is 6.61 Å². The van der Waals surface area contributed by atoms with Crippen LogP contribution >= 0.6 is 0 Å². The predicted molar refractivity (Wildman–Crippen MR) is 49.4 cm³/mol. The molecule has 0 amide bonds. The molecular formula is C10H10N2O. The van der Waals surface area contributed by atoms with Gasteiger partial charge in [0, 0.05) is 12.4 Å². The summed E-state index contributed by atoms with van der Waals surface area (Å²) in [7, 11) is 1.97. The fraction of sp³-hybridized carbons (Fsp3) is 0.300. The van der Waals surface area contributed by atoms with E-state index in [0.29, 0.717) is 0 Å². The van der Waals surface area contributed by atoms with Crippen LogP contribution in [0.4, 0.5) is 0 Å². The summed E-state index contributed by atoms with van der Waals surface area (Å²) >= 11 is 0. The van der Waals surface area contributed by atoms with E-state index in [-0.39, 0.29) is 6.10 Å². The first kappa shape index (κ1) is 7.09. The average molecular weight is 174 g/mol. The minimum absolute atomic E-state index is 0.275. The highest BCUT2D eigenvalue weighted by molar-refractivity contribution is 5.82. The molecule has 2 aromatic rings. The third kappa shape index (κ3) is 0.971. The van der Waals surface area contributed by atoms with Crippen molar-refractivity contribution in [3.8, 4) is 0 Å². The highest BCUT2D eigenvalue weighted by Crippen LogP contribution is 2.34. The molecule has 1 aromatic heterocycles. The molecule has 1 fully saturated rings. The van der Waals surface area contributed by atoms with Gasteiger partial charge in [-0.15, -0.1) is 0 Å². The minimum atomic E-state index is 0.275. The maximum absolute atomic E-state index is 5.28. The van der Waals surface area contributed by atoms with Crippen molar-refractivity contribution >= 4 is 10.9 Å². The number of aryl methyl sites for hydroxylation is 1. The van der Waals surface area contributed by atoms with Crippen LogP contribution < -0.4 is 0 Å². The molecule has 1 aliphatic heterocycles. The van der Waals surface area contributed by atoms with E-state index in [1.807, 2.05) is 29.9 Å². The van der Waals surface area contributed by atoms with Crippen molar-refractivity contribution in [3.05, 3.63) is 30.0 Å². The van der Waals surface area contributed by atoms with Gasteiger partial charge in [0.2, 0.25) is 0 Å². The second-order valence-corrected chi connectivity index (χ2v) is 3.35. The monoisotopic (exact) mass is 174 g/mol. The number of ether oxygens (including phenoxy) is 1. The number of benzene rings is 1. The molecule has 0 aliphatic carbocycles. The van der Waals surface area contributed by atoms with E-state index in [1.165, 1.54) is 11.1 Å². The van der Waals surface area contributed by atoms with Crippen LogP contribution in [0.1, 0.15) is 11.8 Å². The standard InChI is InChI=1S/C10H10N2O/c1-12-10(9-6-13-9)7-4-2-3-5-8(7)11-12/h2-5,9H,6H2,1H3/t9-/m0/s1. The maximum atomic E-state index is 5.28. The number of rotatable bonds is 1. The average Bonchev–Trinajstić information content (AvgIpc) is 2.88. The van der Waals surface area contributed by atoms with Gasteiger partial charge >= 0.3 is 0 Å². The summed E-state index contributed by atoms with van der Waals surface area (Å²) < 4.78 is 7.20. The third-order valence-corrected chi connectivity index (χ3v) is 2.42. The molecule has 0 saturated carbocycles. The molecule has 0 bridgehead atoms. The van der Waals surface area contributed by atoms with Gasteiger partial charge < -0.3 is 4.74 Å². The number of hydrogen-bond acceptors (Lipinski definition) is 2. The molecule has 1 aliphatic rings. The lowest BCUT2D eigenvalue weighted by Crippen LogP contribution is -1.96. The zero-order chi connectivity index (χ0) is 8.84. The van der Waals surface area contributed by atoms with E-state index in [9.17, 15) is 0 Å². The summed E-state index contributed by atoms with van der Waals surface area (Å²) in [6, 6.07) is 8.17. The van der Waals surface area contributed by atoms with Crippen LogP contribution in [0.25, 0.3) is 10.9 Å². The van der Waals surface area contributed by atoms with E-state index < -0.39 is 0 Å². The lowest BCUT2D eigenvalue weighted by molar-refractivity contribution is 0.405. The van der Waals surface area contributed by atoms with Crippen molar-refractivity contribution in [2.24, 2.45) is 7.05 Å².